The van der Waals surface area contributed by atoms with E-state index in [4.69, 9.17) is 13.9 Å². The van der Waals surface area contributed by atoms with E-state index in [0.717, 1.165) is 28.5 Å². The third kappa shape index (κ3) is 1.65. The van der Waals surface area contributed by atoms with E-state index >= 15 is 0 Å². The summed E-state index contributed by atoms with van der Waals surface area (Å²) in [7, 11) is 0. The number of para-hydroxylation sites is 1. The average molecular weight is 231 g/mol. The number of nitrogens with zero attached hydrogens (tertiary/aromatic N) is 1. The Hall–Kier alpha value is -1.97. The van der Waals surface area contributed by atoms with Gasteiger partial charge in [-0.25, -0.2) is 4.98 Å². The molecule has 88 valence electrons. The Bertz CT molecular complexity index is 560. The first-order valence-electron chi connectivity index (χ1n) is 5.59. The fourth-order valence-corrected chi connectivity index (χ4v) is 2.03. The molecule has 2 heterocycles. The maximum absolute atomic E-state index is 5.66. The molecule has 0 atom stereocenters. The van der Waals surface area contributed by atoms with Crippen LogP contribution in [0.2, 0.25) is 0 Å². The normalized spacial score (nSPS) is 13.8. The van der Waals surface area contributed by atoms with Gasteiger partial charge < -0.3 is 13.9 Å². The van der Waals surface area contributed by atoms with Gasteiger partial charge in [-0.2, -0.15) is 0 Å². The number of fused-ring (bicyclic) bond motifs is 1. The van der Waals surface area contributed by atoms with E-state index in [1.807, 2.05) is 32.0 Å². The molecule has 0 unspecified atom stereocenters. The predicted molar refractivity (Wildman–Crippen MR) is 62.4 cm³/mol. The molecule has 1 aliphatic heterocycles. The van der Waals surface area contributed by atoms with Gasteiger partial charge in [0.15, 0.2) is 23.1 Å². The number of hydrogen-bond donors (Lipinski definition) is 0. The van der Waals surface area contributed by atoms with Gasteiger partial charge in [0.1, 0.15) is 13.2 Å². The Morgan fingerprint density at radius 3 is 2.71 bits per heavy atom. The van der Waals surface area contributed by atoms with E-state index in [1.54, 1.807) is 0 Å². The summed E-state index contributed by atoms with van der Waals surface area (Å²) in [6.45, 7) is 4.92. The van der Waals surface area contributed by atoms with E-state index in [1.165, 1.54) is 0 Å². The second-order valence-electron chi connectivity index (χ2n) is 3.98. The summed E-state index contributed by atoms with van der Waals surface area (Å²) in [4.78, 5) is 4.27. The smallest absolute Gasteiger partial charge is 0.192 e. The number of oxazole rings is 1. The molecule has 2 aromatic rings. The van der Waals surface area contributed by atoms with Crippen LogP contribution < -0.4 is 9.47 Å². The molecule has 0 fully saturated rings. The Morgan fingerprint density at radius 1 is 1.12 bits per heavy atom. The van der Waals surface area contributed by atoms with Crippen molar-refractivity contribution in [3.05, 3.63) is 29.8 Å². The van der Waals surface area contributed by atoms with Crippen molar-refractivity contribution in [1.82, 2.24) is 4.98 Å². The molecule has 4 nitrogen and oxygen atoms in total. The highest BCUT2D eigenvalue weighted by molar-refractivity contribution is 5.71. The van der Waals surface area contributed by atoms with E-state index < -0.39 is 0 Å². The summed E-state index contributed by atoms with van der Waals surface area (Å²) in [5.41, 5.74) is 1.77. The molecule has 1 aromatic carbocycles. The van der Waals surface area contributed by atoms with Gasteiger partial charge in [-0.3, -0.25) is 0 Å². The van der Waals surface area contributed by atoms with E-state index in [0.29, 0.717) is 19.1 Å². The molecule has 1 aliphatic rings. The molecule has 0 saturated carbocycles. The van der Waals surface area contributed by atoms with Gasteiger partial charge in [0, 0.05) is 6.92 Å². The van der Waals surface area contributed by atoms with Gasteiger partial charge in [-0.1, -0.05) is 6.07 Å². The standard InChI is InChI=1S/C13H13NO3/c1-8-12(17-9(2)14-8)10-4-3-5-11-13(10)16-7-6-15-11/h3-5H,6-7H2,1-2H3. The molecule has 0 bridgehead atoms. The number of benzene rings is 1. The Balaban J connectivity index is 2.17. The van der Waals surface area contributed by atoms with Gasteiger partial charge >= 0.3 is 0 Å². The number of aryl methyl sites for hydroxylation is 2. The van der Waals surface area contributed by atoms with Crippen LogP contribution in [-0.4, -0.2) is 18.2 Å². The first-order chi connectivity index (χ1) is 8.25. The summed E-state index contributed by atoms with van der Waals surface area (Å²) in [5.74, 6) is 2.93. The fraction of sp³-hybridized carbons (Fsp3) is 0.308. The largest absolute Gasteiger partial charge is 0.486 e. The van der Waals surface area contributed by atoms with E-state index in [2.05, 4.69) is 4.98 Å². The van der Waals surface area contributed by atoms with Crippen LogP contribution in [0.5, 0.6) is 11.5 Å². The molecule has 1 aromatic heterocycles. The topological polar surface area (TPSA) is 44.5 Å². The van der Waals surface area contributed by atoms with E-state index in [-0.39, 0.29) is 0 Å². The molecule has 0 spiro atoms. The molecule has 0 aliphatic carbocycles. The monoisotopic (exact) mass is 231 g/mol. The van der Waals surface area contributed by atoms with Crippen molar-refractivity contribution in [2.75, 3.05) is 13.2 Å². The molecular weight excluding hydrogens is 218 g/mol. The second kappa shape index (κ2) is 3.80. The predicted octanol–water partition coefficient (Wildman–Crippen LogP) is 2.73. The van der Waals surface area contributed by atoms with Crippen molar-refractivity contribution in [2.24, 2.45) is 0 Å². The molecule has 17 heavy (non-hydrogen) atoms. The highest BCUT2D eigenvalue weighted by Crippen LogP contribution is 2.40. The van der Waals surface area contributed by atoms with Crippen LogP contribution in [0.4, 0.5) is 0 Å². The highest BCUT2D eigenvalue weighted by Gasteiger charge is 2.20. The second-order valence-corrected chi connectivity index (χ2v) is 3.98. The van der Waals surface area contributed by atoms with Crippen LogP contribution in [0, 0.1) is 13.8 Å². The lowest BCUT2D eigenvalue weighted by Gasteiger charge is -2.20. The zero-order valence-electron chi connectivity index (χ0n) is 9.82. The first kappa shape index (κ1) is 10.2. The Morgan fingerprint density at radius 2 is 1.94 bits per heavy atom. The summed E-state index contributed by atoms with van der Waals surface area (Å²) >= 11 is 0. The first-order valence-corrected chi connectivity index (χ1v) is 5.59. The van der Waals surface area contributed by atoms with Gasteiger partial charge in [0.05, 0.1) is 11.3 Å². The van der Waals surface area contributed by atoms with Gasteiger partial charge in [-0.15, -0.1) is 0 Å². The van der Waals surface area contributed by atoms with Crippen molar-refractivity contribution >= 4 is 0 Å². The van der Waals surface area contributed by atoms with Crippen LogP contribution >= 0.6 is 0 Å². The third-order valence-electron chi connectivity index (χ3n) is 2.71. The Labute approximate surface area is 99.2 Å². The minimum absolute atomic E-state index is 0.566. The van der Waals surface area contributed by atoms with E-state index in [9.17, 15) is 0 Å². The third-order valence-corrected chi connectivity index (χ3v) is 2.71. The molecular formula is C13H13NO3. The highest BCUT2D eigenvalue weighted by atomic mass is 16.6. The average Bonchev–Trinajstić information content (AvgIpc) is 2.68. The molecule has 0 N–H and O–H groups in total. The zero-order valence-corrected chi connectivity index (χ0v) is 9.82. The zero-order chi connectivity index (χ0) is 11.8. The fourth-order valence-electron chi connectivity index (χ4n) is 2.03. The van der Waals surface area contributed by atoms with Gasteiger partial charge in [0.25, 0.3) is 0 Å². The van der Waals surface area contributed by atoms with Crippen molar-refractivity contribution in [3.8, 4) is 22.8 Å². The van der Waals surface area contributed by atoms with Crippen LogP contribution in [-0.2, 0) is 0 Å². The maximum atomic E-state index is 5.66. The van der Waals surface area contributed by atoms with Gasteiger partial charge in [-0.05, 0) is 19.1 Å². The SMILES string of the molecule is Cc1nc(C)c(-c2cccc3c2OCCO3)o1. The van der Waals surface area contributed by atoms with Crippen LogP contribution in [0.15, 0.2) is 22.6 Å². The summed E-state index contributed by atoms with van der Waals surface area (Å²) in [6.07, 6.45) is 0. The molecule has 0 saturated heterocycles. The number of hydrogen-bond acceptors (Lipinski definition) is 4. The van der Waals surface area contributed by atoms with Crippen LogP contribution in [0.25, 0.3) is 11.3 Å². The summed E-state index contributed by atoms with van der Waals surface area (Å²) in [5, 5.41) is 0. The molecule has 4 heteroatoms. The minimum Gasteiger partial charge on any atom is -0.486 e. The maximum Gasteiger partial charge on any atom is 0.192 e. The molecule has 0 amide bonds. The van der Waals surface area contributed by atoms with Crippen molar-refractivity contribution in [1.29, 1.82) is 0 Å². The van der Waals surface area contributed by atoms with Crippen LogP contribution in [0.1, 0.15) is 11.6 Å². The summed E-state index contributed by atoms with van der Waals surface area (Å²) < 4.78 is 16.8. The Kier molecular flexibility index (Phi) is 2.28. The number of aromatic nitrogens is 1. The lowest BCUT2D eigenvalue weighted by atomic mass is 10.1. The van der Waals surface area contributed by atoms with Crippen molar-refractivity contribution < 1.29 is 13.9 Å². The summed E-state index contributed by atoms with van der Waals surface area (Å²) in [6, 6.07) is 5.79. The molecule has 3 rings (SSSR count). The van der Waals surface area contributed by atoms with Crippen LogP contribution in [0.3, 0.4) is 0 Å². The van der Waals surface area contributed by atoms with Gasteiger partial charge in [0.2, 0.25) is 0 Å². The number of rotatable bonds is 1. The van der Waals surface area contributed by atoms with Crippen molar-refractivity contribution in [2.45, 2.75) is 13.8 Å². The van der Waals surface area contributed by atoms with Crippen molar-refractivity contribution in [3.63, 3.8) is 0 Å². The lowest BCUT2D eigenvalue weighted by molar-refractivity contribution is 0.172. The molecule has 0 radical (unpaired) electrons. The minimum atomic E-state index is 0.566. The quantitative estimate of drug-likeness (QED) is 0.757. The lowest BCUT2D eigenvalue weighted by Crippen LogP contribution is -2.15. The number of ether oxygens (including phenoxy) is 2.